The lowest BCUT2D eigenvalue weighted by molar-refractivity contribution is -0.245. The minimum Gasteiger partial charge on any atom is -0.325 e. The average molecular weight is 428 g/mol. The summed E-state index contributed by atoms with van der Waals surface area (Å²) in [5.74, 6) is 9.90. The molecule has 9 rings (SSSR count). The average Bonchev–Trinajstić information content (AvgIpc) is 3.34. The predicted molar refractivity (Wildman–Crippen MR) is 128 cm³/mol. The van der Waals surface area contributed by atoms with Crippen LogP contribution in [0.2, 0.25) is 0 Å². The zero-order valence-corrected chi connectivity index (χ0v) is 21.2. The molecule has 3 nitrogen and oxygen atoms in total. The molecule has 31 heavy (non-hydrogen) atoms. The number of hydrogen-bond acceptors (Lipinski definition) is 3. The van der Waals surface area contributed by atoms with E-state index in [1.165, 1.54) is 38.6 Å². The maximum Gasteiger partial charge on any atom is 0.0161 e. The second-order valence-electron chi connectivity index (χ2n) is 14.9. The van der Waals surface area contributed by atoms with E-state index in [9.17, 15) is 0 Å². The highest BCUT2D eigenvalue weighted by atomic mass is 15.1. The van der Waals surface area contributed by atoms with Crippen molar-refractivity contribution in [3.63, 3.8) is 0 Å². The summed E-state index contributed by atoms with van der Waals surface area (Å²) in [5.41, 5.74) is 7.09. The van der Waals surface area contributed by atoms with E-state index in [-0.39, 0.29) is 11.1 Å². The third-order valence-corrected chi connectivity index (χ3v) is 12.1. The van der Waals surface area contributed by atoms with Crippen molar-refractivity contribution in [2.75, 3.05) is 6.54 Å². The lowest BCUT2D eigenvalue weighted by atomic mass is 9.32. The Labute approximate surface area is 191 Å². The molecule has 0 aromatic heterocycles. The Bertz CT molecular complexity index is 709. The minimum absolute atomic E-state index is 0.00610. The molecular formula is C28H49N3. The molecule has 0 aliphatic heterocycles. The van der Waals surface area contributed by atoms with Gasteiger partial charge in [-0.3, -0.25) is 0 Å². The summed E-state index contributed by atoms with van der Waals surface area (Å²) in [6.45, 7) is 18.2. The Morgan fingerprint density at radius 1 is 0.806 bits per heavy atom. The van der Waals surface area contributed by atoms with Gasteiger partial charge in [0.2, 0.25) is 0 Å². The second-order valence-corrected chi connectivity index (χ2v) is 14.9. The number of nitrogens with two attached hydrogens (primary N) is 1. The monoisotopic (exact) mass is 427 g/mol. The van der Waals surface area contributed by atoms with Crippen molar-refractivity contribution in [2.24, 2.45) is 70.8 Å². The lowest BCUT2D eigenvalue weighted by Gasteiger charge is -2.73. The van der Waals surface area contributed by atoms with E-state index in [1.807, 2.05) is 0 Å². The van der Waals surface area contributed by atoms with Gasteiger partial charge in [0.05, 0.1) is 0 Å². The van der Waals surface area contributed by atoms with Crippen molar-refractivity contribution in [3.05, 3.63) is 0 Å². The third kappa shape index (κ3) is 2.88. The van der Waals surface area contributed by atoms with Crippen molar-refractivity contribution in [3.8, 4) is 0 Å². The first-order valence-corrected chi connectivity index (χ1v) is 13.7. The Balaban J connectivity index is 1.04. The van der Waals surface area contributed by atoms with E-state index in [4.69, 9.17) is 5.73 Å². The molecule has 0 amide bonds. The summed E-state index contributed by atoms with van der Waals surface area (Å²) < 4.78 is 0. The van der Waals surface area contributed by atoms with Crippen molar-refractivity contribution in [2.45, 2.75) is 103 Å². The summed E-state index contributed by atoms with van der Waals surface area (Å²) >= 11 is 0. The maximum absolute atomic E-state index is 6.49. The van der Waals surface area contributed by atoms with Gasteiger partial charge in [-0.05, 0) is 145 Å². The maximum atomic E-state index is 6.49. The second kappa shape index (κ2) is 6.51. The van der Waals surface area contributed by atoms with E-state index in [0.717, 1.165) is 71.1 Å². The van der Waals surface area contributed by atoms with Gasteiger partial charge < -0.3 is 16.4 Å². The van der Waals surface area contributed by atoms with Crippen molar-refractivity contribution < 1.29 is 0 Å². The number of rotatable bonds is 8. The van der Waals surface area contributed by atoms with Crippen LogP contribution in [-0.4, -0.2) is 29.2 Å². The van der Waals surface area contributed by atoms with E-state index in [2.05, 4.69) is 59.1 Å². The Kier molecular flexibility index (Phi) is 4.50. The van der Waals surface area contributed by atoms with Gasteiger partial charge in [0, 0.05) is 22.7 Å². The van der Waals surface area contributed by atoms with Crippen LogP contribution in [0.1, 0.15) is 80.6 Å². The van der Waals surface area contributed by atoms with Gasteiger partial charge in [0.25, 0.3) is 0 Å². The molecule has 0 radical (unpaired) electrons. The first-order valence-electron chi connectivity index (χ1n) is 13.7. The molecule has 0 aromatic carbocycles. The molecule has 0 spiro atoms. The first-order chi connectivity index (χ1) is 14.4. The van der Waals surface area contributed by atoms with Gasteiger partial charge >= 0.3 is 0 Å². The Morgan fingerprint density at radius 3 is 2.00 bits per heavy atom. The van der Waals surface area contributed by atoms with Crippen LogP contribution in [0.4, 0.5) is 0 Å². The van der Waals surface area contributed by atoms with Gasteiger partial charge in [0.1, 0.15) is 0 Å². The lowest BCUT2D eigenvalue weighted by Crippen LogP contribution is -2.75. The van der Waals surface area contributed by atoms with Crippen LogP contribution in [-0.2, 0) is 0 Å². The van der Waals surface area contributed by atoms with Crippen molar-refractivity contribution in [1.29, 1.82) is 0 Å². The van der Waals surface area contributed by atoms with Gasteiger partial charge in [-0.25, -0.2) is 0 Å². The molecule has 6 bridgehead atoms. The van der Waals surface area contributed by atoms with Gasteiger partial charge in [-0.1, -0.05) is 6.92 Å². The highest BCUT2D eigenvalue weighted by Gasteiger charge is 2.69. The number of hydrogen-bond donors (Lipinski definition) is 3. The minimum atomic E-state index is 0.00610. The van der Waals surface area contributed by atoms with Gasteiger partial charge in [-0.2, -0.15) is 0 Å². The molecular weight excluding hydrogens is 378 g/mol. The summed E-state index contributed by atoms with van der Waals surface area (Å²) in [6, 6.07) is 0.778. The number of fused-ring (bicyclic) bond motifs is 2. The quantitative estimate of drug-likeness (QED) is 0.528. The van der Waals surface area contributed by atoms with Crippen LogP contribution >= 0.6 is 0 Å². The predicted octanol–water partition coefficient (Wildman–Crippen LogP) is 4.66. The largest absolute Gasteiger partial charge is 0.325 e. The van der Waals surface area contributed by atoms with Crippen LogP contribution in [0.25, 0.3) is 0 Å². The topological polar surface area (TPSA) is 50.1 Å². The first kappa shape index (κ1) is 21.4. The number of nitrogens with one attached hydrogen (secondary N) is 2. The van der Waals surface area contributed by atoms with Gasteiger partial charge in [-0.15, -0.1) is 0 Å². The van der Waals surface area contributed by atoms with Crippen molar-refractivity contribution >= 4 is 0 Å². The fourth-order valence-electron chi connectivity index (χ4n) is 10.7. The molecule has 0 heterocycles. The Morgan fingerprint density at radius 2 is 1.45 bits per heavy atom. The van der Waals surface area contributed by atoms with E-state index in [1.54, 1.807) is 0 Å². The highest BCUT2D eigenvalue weighted by Crippen LogP contribution is 2.69. The van der Waals surface area contributed by atoms with Crippen molar-refractivity contribution in [1.82, 2.24) is 10.6 Å². The zero-order chi connectivity index (χ0) is 22.1. The normalized spacial score (nSPS) is 52.3. The van der Waals surface area contributed by atoms with E-state index < -0.39 is 0 Å². The molecule has 8 atom stereocenters. The molecule has 3 heteroatoms. The summed E-state index contributed by atoms with van der Waals surface area (Å²) in [6.07, 6.45) is 7.43. The van der Waals surface area contributed by atoms with Crippen LogP contribution < -0.4 is 16.4 Å². The smallest absolute Gasteiger partial charge is 0.0161 e. The molecule has 0 saturated heterocycles. The molecule has 9 aliphatic rings. The third-order valence-electron chi connectivity index (χ3n) is 12.1. The molecule has 8 unspecified atom stereocenters. The standard InChI is InChI=1S/C28H49N3/c1-14-21-19(22(14)24(21)26(2,3)29)13-30-27(4,5)20-12-17-11-18(20)25(17)31-28(6,7)23-15-8-9-16(23)10-15/h14-25,30-31H,8-13,29H2,1-7H3. The van der Waals surface area contributed by atoms with E-state index in [0.29, 0.717) is 5.54 Å². The molecule has 9 aliphatic carbocycles. The highest BCUT2D eigenvalue weighted by molar-refractivity contribution is 5.19. The van der Waals surface area contributed by atoms with Gasteiger partial charge in [0.15, 0.2) is 0 Å². The molecule has 176 valence electrons. The van der Waals surface area contributed by atoms with Crippen LogP contribution in [0, 0.1) is 65.1 Å². The fourth-order valence-corrected chi connectivity index (χ4v) is 10.7. The zero-order valence-electron chi connectivity index (χ0n) is 21.2. The van der Waals surface area contributed by atoms with Crippen LogP contribution in [0.5, 0.6) is 0 Å². The summed E-state index contributed by atoms with van der Waals surface area (Å²) in [7, 11) is 0. The molecule has 9 saturated carbocycles. The molecule has 9 fully saturated rings. The fraction of sp³-hybridized carbons (Fsp3) is 1.00. The summed E-state index contributed by atoms with van der Waals surface area (Å²) in [4.78, 5) is 0. The Hall–Kier alpha value is -0.120. The van der Waals surface area contributed by atoms with E-state index >= 15 is 0 Å². The molecule has 4 N–H and O–H groups in total. The SMILES string of the molecule is CC1C2C(CNC(C)(C)C3CC4CC3C4NC(C)(C)C3C4CCC3C4)C1C2C(C)(C)N. The summed E-state index contributed by atoms with van der Waals surface area (Å²) in [5, 5.41) is 8.34. The van der Waals surface area contributed by atoms with Crippen LogP contribution in [0.15, 0.2) is 0 Å². The van der Waals surface area contributed by atoms with Crippen LogP contribution in [0.3, 0.4) is 0 Å². The molecule has 0 aromatic rings.